The summed E-state index contributed by atoms with van der Waals surface area (Å²) in [5, 5.41) is 19.9. The lowest BCUT2D eigenvalue weighted by Gasteiger charge is -2.32. The Kier molecular flexibility index (Phi) is 8.90. The summed E-state index contributed by atoms with van der Waals surface area (Å²) >= 11 is 0. The standard InChI is InChI=1S/C27H29F3N6O7S/c1-17-5-7-18(8-6-17)22-13-23(27(28,29)30)31-35(22)20-9-11-21(12-10-20)44(40,41)32-24(37)19-14-34(15-19)36(39)33-43-16-42-25(38)26(2,3)4/h5-13,19H,14-16H2,1-4H3,(H,32,37)/b36-33+. The topological polar surface area (TPSA) is 158 Å². The van der Waals surface area contributed by atoms with Crippen molar-refractivity contribution in [2.75, 3.05) is 19.9 Å². The first-order valence-corrected chi connectivity index (χ1v) is 14.6. The maximum atomic E-state index is 13.5. The van der Waals surface area contributed by atoms with E-state index in [1.807, 2.05) is 11.6 Å². The van der Waals surface area contributed by atoms with Crippen molar-refractivity contribution in [2.24, 2.45) is 16.6 Å². The average Bonchev–Trinajstić information content (AvgIpc) is 3.36. The number of carbonyl (C=O) groups excluding carboxylic acids is 2. The van der Waals surface area contributed by atoms with E-state index in [9.17, 15) is 36.4 Å². The van der Waals surface area contributed by atoms with Gasteiger partial charge in [-0.1, -0.05) is 29.8 Å². The molecule has 1 fully saturated rings. The SMILES string of the molecule is Cc1ccc(-c2cc(C(F)(F)F)nn2-c2ccc(S(=O)(=O)NC(=O)C3CN(/[N+]([O-])=N\OCOC(=O)C(C)(C)C)C3)cc2)cc1. The van der Waals surface area contributed by atoms with E-state index in [0.29, 0.717) is 5.56 Å². The number of amides is 1. The Morgan fingerprint density at radius 2 is 1.70 bits per heavy atom. The Morgan fingerprint density at radius 3 is 2.27 bits per heavy atom. The van der Waals surface area contributed by atoms with Gasteiger partial charge in [0.2, 0.25) is 11.2 Å². The molecule has 44 heavy (non-hydrogen) atoms. The highest BCUT2D eigenvalue weighted by Gasteiger charge is 2.40. The van der Waals surface area contributed by atoms with Gasteiger partial charge in [0.05, 0.1) is 45.7 Å². The van der Waals surface area contributed by atoms with Crippen LogP contribution in [0, 0.1) is 23.5 Å². The number of rotatable bonds is 9. The van der Waals surface area contributed by atoms with E-state index in [1.165, 1.54) is 12.1 Å². The molecule has 0 unspecified atom stereocenters. The van der Waals surface area contributed by atoms with Gasteiger partial charge >= 0.3 is 12.1 Å². The van der Waals surface area contributed by atoms with E-state index < -0.39 is 51.9 Å². The van der Waals surface area contributed by atoms with E-state index in [0.717, 1.165) is 33.5 Å². The lowest BCUT2D eigenvalue weighted by atomic mass is 9.98. The molecule has 2 heterocycles. The normalized spacial score (nSPS) is 14.6. The van der Waals surface area contributed by atoms with Crippen molar-refractivity contribution in [2.45, 2.75) is 38.8 Å². The van der Waals surface area contributed by atoms with Crippen LogP contribution in [-0.4, -0.2) is 59.9 Å². The van der Waals surface area contributed by atoms with Crippen LogP contribution in [0.1, 0.15) is 32.0 Å². The van der Waals surface area contributed by atoms with Gasteiger partial charge in [-0.15, -0.1) is 5.01 Å². The third-order valence-corrected chi connectivity index (χ3v) is 7.79. The number of hydrazine groups is 1. The fraction of sp³-hybridized carbons (Fsp3) is 0.370. The van der Waals surface area contributed by atoms with Gasteiger partial charge in [0.25, 0.3) is 16.8 Å². The largest absolute Gasteiger partial charge is 0.569 e. The second-order valence-electron chi connectivity index (χ2n) is 11.0. The third kappa shape index (κ3) is 7.45. The molecule has 1 N–H and O–H groups in total. The fourth-order valence-corrected chi connectivity index (χ4v) is 4.91. The molecule has 0 aliphatic carbocycles. The Hall–Kier alpha value is -4.67. The molecule has 4 rings (SSSR count). The Bertz CT molecular complexity index is 1660. The molecule has 17 heteroatoms. The Morgan fingerprint density at radius 1 is 1.09 bits per heavy atom. The molecule has 1 aliphatic heterocycles. The highest BCUT2D eigenvalue weighted by molar-refractivity contribution is 7.90. The van der Waals surface area contributed by atoms with Gasteiger partial charge in [0, 0.05) is 5.56 Å². The number of nitrogens with zero attached hydrogens (tertiary/aromatic N) is 5. The summed E-state index contributed by atoms with van der Waals surface area (Å²) in [5.74, 6) is -2.30. The molecule has 0 atom stereocenters. The van der Waals surface area contributed by atoms with Gasteiger partial charge in [-0.2, -0.15) is 18.3 Å². The van der Waals surface area contributed by atoms with Crippen molar-refractivity contribution in [1.82, 2.24) is 19.5 Å². The van der Waals surface area contributed by atoms with Crippen LogP contribution in [0.15, 0.2) is 64.8 Å². The van der Waals surface area contributed by atoms with Crippen molar-refractivity contribution in [3.63, 3.8) is 0 Å². The van der Waals surface area contributed by atoms with Crippen LogP contribution in [0.3, 0.4) is 0 Å². The van der Waals surface area contributed by atoms with Crippen molar-refractivity contribution in [3.8, 4) is 16.9 Å². The molecule has 1 aliphatic rings. The number of benzene rings is 2. The summed E-state index contributed by atoms with van der Waals surface area (Å²) in [6, 6.07) is 12.5. The first-order chi connectivity index (χ1) is 20.5. The number of esters is 1. The lowest BCUT2D eigenvalue weighted by molar-refractivity contribution is -0.726. The quantitative estimate of drug-likeness (QED) is 0.0915. The van der Waals surface area contributed by atoms with Crippen LogP contribution in [-0.2, 0) is 35.4 Å². The highest BCUT2D eigenvalue weighted by atomic mass is 32.2. The molecule has 0 bridgehead atoms. The molecule has 236 valence electrons. The zero-order chi connectivity index (χ0) is 32.4. The number of ether oxygens (including phenoxy) is 1. The maximum absolute atomic E-state index is 13.5. The summed E-state index contributed by atoms with van der Waals surface area (Å²) in [6.07, 6.45) is -4.71. The Labute approximate surface area is 250 Å². The summed E-state index contributed by atoms with van der Waals surface area (Å²) in [6.45, 7) is 5.80. The van der Waals surface area contributed by atoms with Crippen molar-refractivity contribution in [3.05, 3.63) is 71.1 Å². The Balaban J connectivity index is 1.39. The number of halogens is 3. The van der Waals surface area contributed by atoms with Gasteiger partial charge in [0.1, 0.15) is 0 Å². The monoisotopic (exact) mass is 638 g/mol. The molecule has 2 aromatic carbocycles. The molecular formula is C27H29F3N6O7S. The second-order valence-corrected chi connectivity index (χ2v) is 12.7. The molecule has 0 spiro atoms. The van der Waals surface area contributed by atoms with Crippen LogP contribution in [0.5, 0.6) is 0 Å². The molecule has 1 aromatic heterocycles. The predicted octanol–water partition coefficient (Wildman–Crippen LogP) is 3.96. The number of aryl methyl sites for hydroxylation is 1. The third-order valence-electron chi connectivity index (χ3n) is 6.43. The first-order valence-electron chi connectivity index (χ1n) is 13.1. The number of alkyl halides is 3. The average molecular weight is 639 g/mol. The van der Waals surface area contributed by atoms with Crippen LogP contribution >= 0.6 is 0 Å². The summed E-state index contributed by atoms with van der Waals surface area (Å²) < 4.78 is 73.9. The van der Waals surface area contributed by atoms with Crippen LogP contribution in [0.4, 0.5) is 13.2 Å². The molecule has 1 amide bonds. The van der Waals surface area contributed by atoms with Gasteiger partial charge in [-0.05, 0) is 58.0 Å². The van der Waals surface area contributed by atoms with Crippen LogP contribution in [0.2, 0.25) is 0 Å². The number of carbonyl (C=O) groups is 2. The second kappa shape index (κ2) is 12.1. The number of sulfonamides is 1. The number of hydrogen-bond acceptors (Lipinski definition) is 9. The molecule has 1 saturated heterocycles. The maximum Gasteiger partial charge on any atom is 0.435 e. The van der Waals surface area contributed by atoms with Crippen molar-refractivity contribution in [1.29, 1.82) is 0 Å². The molecule has 13 nitrogen and oxygen atoms in total. The zero-order valence-electron chi connectivity index (χ0n) is 24.0. The van der Waals surface area contributed by atoms with E-state index in [2.05, 4.69) is 15.2 Å². The van der Waals surface area contributed by atoms with E-state index in [-0.39, 0.29) is 34.3 Å². The van der Waals surface area contributed by atoms with Gasteiger partial charge in [-0.3, -0.25) is 9.59 Å². The van der Waals surface area contributed by atoms with Gasteiger partial charge in [0.15, 0.2) is 5.69 Å². The molecular weight excluding hydrogens is 609 g/mol. The summed E-state index contributed by atoms with van der Waals surface area (Å²) in [5.41, 5.74) is -0.208. The zero-order valence-corrected chi connectivity index (χ0v) is 24.8. The highest BCUT2D eigenvalue weighted by Crippen LogP contribution is 2.33. The van der Waals surface area contributed by atoms with Crippen molar-refractivity contribution >= 4 is 21.9 Å². The lowest BCUT2D eigenvalue weighted by Crippen LogP contribution is -2.56. The van der Waals surface area contributed by atoms with Crippen LogP contribution < -0.4 is 4.72 Å². The van der Waals surface area contributed by atoms with E-state index >= 15 is 0 Å². The first kappa shape index (κ1) is 32.2. The number of hydrogen-bond donors (Lipinski definition) is 1. The smallest absolute Gasteiger partial charge is 0.435 e. The molecule has 3 aromatic rings. The summed E-state index contributed by atoms with van der Waals surface area (Å²) in [7, 11) is -4.36. The number of nitrogens with one attached hydrogen (secondary N) is 1. The van der Waals surface area contributed by atoms with Crippen molar-refractivity contribution < 1.29 is 45.7 Å². The van der Waals surface area contributed by atoms with Crippen LogP contribution in [0.25, 0.3) is 16.9 Å². The minimum atomic E-state index is -4.71. The minimum absolute atomic E-state index is 0.0479. The van der Waals surface area contributed by atoms with Gasteiger partial charge in [-0.25, -0.2) is 17.8 Å². The fourth-order valence-electron chi connectivity index (χ4n) is 3.87. The summed E-state index contributed by atoms with van der Waals surface area (Å²) in [4.78, 5) is 28.6. The van der Waals surface area contributed by atoms with E-state index in [1.54, 1.807) is 45.0 Å². The molecule has 0 radical (unpaired) electrons. The minimum Gasteiger partial charge on any atom is -0.569 e. The number of aromatic nitrogens is 2. The molecule has 0 saturated carbocycles. The van der Waals surface area contributed by atoms with E-state index in [4.69, 9.17) is 4.74 Å². The predicted molar refractivity (Wildman–Crippen MR) is 147 cm³/mol. The van der Waals surface area contributed by atoms with Gasteiger partial charge < -0.3 is 14.8 Å².